The minimum atomic E-state index is -0.282. The summed E-state index contributed by atoms with van der Waals surface area (Å²) in [6.45, 7) is 0. The average Bonchev–Trinajstić information content (AvgIpc) is 2.32. The van der Waals surface area contributed by atoms with E-state index < -0.39 is 0 Å². The lowest BCUT2D eigenvalue weighted by Crippen LogP contribution is -2.07. The van der Waals surface area contributed by atoms with E-state index >= 15 is 0 Å². The van der Waals surface area contributed by atoms with Crippen LogP contribution in [-0.4, -0.2) is 0 Å². The summed E-state index contributed by atoms with van der Waals surface area (Å²) in [6.07, 6.45) is 0. The Labute approximate surface area is 118 Å². The molecule has 6 heteroatoms. The largest absolute Gasteiger partial charge is 0.321 e. The molecule has 2 aromatic rings. The third-order valence-electron chi connectivity index (χ3n) is 2.22. The van der Waals surface area contributed by atoms with Gasteiger partial charge in [-0.3, -0.25) is 5.84 Å². The van der Waals surface area contributed by atoms with Gasteiger partial charge in [0.1, 0.15) is 5.82 Å². The van der Waals surface area contributed by atoms with Crippen molar-refractivity contribution in [2.45, 2.75) is 9.79 Å². The zero-order valence-electron chi connectivity index (χ0n) is 9.08. The number of anilines is 1. The molecule has 0 radical (unpaired) electrons. The third-order valence-corrected chi connectivity index (χ3v) is 3.84. The van der Waals surface area contributed by atoms with E-state index in [0.717, 1.165) is 4.90 Å². The van der Waals surface area contributed by atoms with Crippen LogP contribution in [0.15, 0.2) is 46.2 Å². The van der Waals surface area contributed by atoms with Crippen LogP contribution in [0, 0.1) is 5.82 Å². The number of benzene rings is 2. The van der Waals surface area contributed by atoms with Crippen LogP contribution in [0.5, 0.6) is 0 Å². The molecule has 0 atom stereocenters. The van der Waals surface area contributed by atoms with Gasteiger partial charge in [-0.25, -0.2) is 4.39 Å². The van der Waals surface area contributed by atoms with Gasteiger partial charge in [0.25, 0.3) is 0 Å². The Morgan fingerprint density at radius 3 is 2.28 bits per heavy atom. The maximum Gasteiger partial charge on any atom is 0.137 e. The average molecular weight is 303 g/mol. The van der Waals surface area contributed by atoms with Crippen LogP contribution in [0.1, 0.15) is 0 Å². The second kappa shape index (κ2) is 5.80. The van der Waals surface area contributed by atoms with Crippen molar-refractivity contribution >= 4 is 40.7 Å². The third kappa shape index (κ3) is 2.90. The quantitative estimate of drug-likeness (QED) is 0.644. The molecule has 0 spiro atoms. The number of halogens is 3. The van der Waals surface area contributed by atoms with Crippen LogP contribution in [0.4, 0.5) is 10.1 Å². The maximum absolute atomic E-state index is 13.5. The fourth-order valence-corrected chi connectivity index (χ4v) is 3.05. The van der Waals surface area contributed by atoms with Gasteiger partial charge in [-0.1, -0.05) is 47.1 Å². The second-order valence-corrected chi connectivity index (χ2v) is 5.37. The first-order valence-electron chi connectivity index (χ1n) is 5.00. The van der Waals surface area contributed by atoms with E-state index in [1.54, 1.807) is 30.3 Å². The molecule has 0 amide bonds. The van der Waals surface area contributed by atoms with E-state index in [-0.39, 0.29) is 5.82 Å². The topological polar surface area (TPSA) is 38.0 Å². The Morgan fingerprint density at radius 1 is 1.11 bits per heavy atom. The number of nitrogens with one attached hydrogen (secondary N) is 1. The van der Waals surface area contributed by atoms with E-state index in [0.29, 0.717) is 20.6 Å². The Hall–Kier alpha value is -0.940. The number of hydrogen-bond acceptors (Lipinski definition) is 3. The van der Waals surface area contributed by atoms with Crippen molar-refractivity contribution in [2.75, 3.05) is 5.43 Å². The summed E-state index contributed by atoms with van der Waals surface area (Å²) >= 11 is 13.3. The molecular formula is C12H9Cl2FN2S. The molecule has 0 aliphatic heterocycles. The molecule has 0 saturated heterocycles. The van der Waals surface area contributed by atoms with Crippen LogP contribution in [0.25, 0.3) is 0 Å². The second-order valence-electron chi connectivity index (χ2n) is 3.44. The van der Waals surface area contributed by atoms with E-state index in [2.05, 4.69) is 5.43 Å². The molecule has 0 aromatic heterocycles. The lowest BCUT2D eigenvalue weighted by Gasteiger charge is -2.09. The molecule has 0 saturated carbocycles. The highest BCUT2D eigenvalue weighted by atomic mass is 35.5. The number of hydrogen-bond donors (Lipinski definition) is 2. The molecule has 0 unspecified atom stereocenters. The SMILES string of the molecule is NNc1c(Cl)cc(Sc2ccccc2F)cc1Cl. The highest BCUT2D eigenvalue weighted by Gasteiger charge is 2.09. The summed E-state index contributed by atoms with van der Waals surface area (Å²) in [6, 6.07) is 9.86. The van der Waals surface area contributed by atoms with E-state index in [9.17, 15) is 4.39 Å². The lowest BCUT2D eigenvalue weighted by molar-refractivity contribution is 0.602. The molecule has 0 heterocycles. The van der Waals surface area contributed by atoms with E-state index in [4.69, 9.17) is 29.0 Å². The van der Waals surface area contributed by atoms with Crippen molar-refractivity contribution in [3.63, 3.8) is 0 Å². The standard InChI is InChI=1S/C12H9Cl2FN2S/c13-8-5-7(6-9(14)12(8)17-16)18-11-4-2-1-3-10(11)15/h1-6,17H,16H2. The number of hydrazine groups is 1. The van der Waals surface area contributed by atoms with Gasteiger partial charge in [0.2, 0.25) is 0 Å². The first-order valence-corrected chi connectivity index (χ1v) is 6.57. The monoisotopic (exact) mass is 302 g/mol. The van der Waals surface area contributed by atoms with Gasteiger partial charge in [0.05, 0.1) is 15.7 Å². The molecule has 0 aliphatic rings. The Kier molecular flexibility index (Phi) is 4.35. The lowest BCUT2D eigenvalue weighted by atomic mass is 10.3. The molecule has 0 bridgehead atoms. The zero-order valence-corrected chi connectivity index (χ0v) is 11.4. The molecule has 94 valence electrons. The van der Waals surface area contributed by atoms with Crippen LogP contribution < -0.4 is 11.3 Å². The first kappa shape index (κ1) is 13.5. The minimum Gasteiger partial charge on any atom is -0.321 e. The van der Waals surface area contributed by atoms with E-state index in [1.165, 1.54) is 17.8 Å². The fourth-order valence-electron chi connectivity index (χ4n) is 1.40. The molecular weight excluding hydrogens is 294 g/mol. The summed E-state index contributed by atoms with van der Waals surface area (Å²) in [7, 11) is 0. The number of nitrogens with two attached hydrogens (primary N) is 1. The summed E-state index contributed by atoms with van der Waals surface area (Å²) in [5.41, 5.74) is 2.87. The molecule has 18 heavy (non-hydrogen) atoms. The maximum atomic E-state index is 13.5. The molecule has 2 aromatic carbocycles. The predicted molar refractivity (Wildman–Crippen MR) is 74.8 cm³/mol. The summed E-state index contributed by atoms with van der Waals surface area (Å²) in [4.78, 5) is 1.26. The molecule has 0 aliphatic carbocycles. The van der Waals surface area contributed by atoms with Gasteiger partial charge in [0, 0.05) is 9.79 Å². The highest BCUT2D eigenvalue weighted by Crippen LogP contribution is 2.37. The van der Waals surface area contributed by atoms with Gasteiger partial charge in [-0.15, -0.1) is 0 Å². The van der Waals surface area contributed by atoms with Crippen molar-refractivity contribution in [1.82, 2.24) is 0 Å². The van der Waals surface area contributed by atoms with Gasteiger partial charge in [-0.2, -0.15) is 0 Å². The first-order chi connectivity index (χ1) is 8.61. The molecule has 2 rings (SSSR count). The Morgan fingerprint density at radius 2 is 1.72 bits per heavy atom. The van der Waals surface area contributed by atoms with Crippen LogP contribution in [-0.2, 0) is 0 Å². The number of rotatable bonds is 3. The van der Waals surface area contributed by atoms with Crippen molar-refractivity contribution in [3.8, 4) is 0 Å². The fraction of sp³-hybridized carbons (Fsp3) is 0. The molecule has 3 N–H and O–H groups in total. The normalized spacial score (nSPS) is 10.4. The van der Waals surface area contributed by atoms with Crippen molar-refractivity contribution < 1.29 is 4.39 Å². The van der Waals surface area contributed by atoms with Crippen molar-refractivity contribution in [2.24, 2.45) is 5.84 Å². The smallest absolute Gasteiger partial charge is 0.137 e. The predicted octanol–water partition coefficient (Wildman–Crippen LogP) is 4.57. The van der Waals surface area contributed by atoms with E-state index in [1.807, 2.05) is 0 Å². The minimum absolute atomic E-state index is 0.282. The molecule has 2 nitrogen and oxygen atoms in total. The van der Waals surface area contributed by atoms with Crippen molar-refractivity contribution in [3.05, 3.63) is 52.3 Å². The van der Waals surface area contributed by atoms with Crippen molar-refractivity contribution in [1.29, 1.82) is 0 Å². The van der Waals surface area contributed by atoms with Gasteiger partial charge in [0.15, 0.2) is 0 Å². The van der Waals surface area contributed by atoms with Crippen LogP contribution >= 0.6 is 35.0 Å². The van der Waals surface area contributed by atoms with Crippen LogP contribution in [0.3, 0.4) is 0 Å². The molecule has 0 fully saturated rings. The summed E-state index contributed by atoms with van der Waals surface area (Å²) in [5, 5.41) is 0.785. The van der Waals surface area contributed by atoms with Gasteiger partial charge >= 0.3 is 0 Å². The van der Waals surface area contributed by atoms with Crippen LogP contribution in [0.2, 0.25) is 10.0 Å². The van der Waals surface area contributed by atoms with Gasteiger partial charge < -0.3 is 5.43 Å². The summed E-state index contributed by atoms with van der Waals surface area (Å²) < 4.78 is 13.5. The Balaban J connectivity index is 2.34. The highest BCUT2D eigenvalue weighted by molar-refractivity contribution is 7.99. The number of nitrogen functional groups attached to an aromatic ring is 1. The zero-order chi connectivity index (χ0) is 13.1. The Bertz CT molecular complexity index is 555. The van der Waals surface area contributed by atoms with Gasteiger partial charge in [-0.05, 0) is 24.3 Å². The summed E-state index contributed by atoms with van der Waals surface area (Å²) in [5.74, 6) is 5.01.